The quantitative estimate of drug-likeness (QED) is 0.655. The highest BCUT2D eigenvalue weighted by atomic mass is 16.6. The molecule has 0 aromatic carbocycles. The van der Waals surface area contributed by atoms with Crippen molar-refractivity contribution in [2.45, 2.75) is 32.3 Å². The minimum atomic E-state index is -0.169. The largest absolute Gasteiger partial charge is 0.450 e. The van der Waals surface area contributed by atoms with Gasteiger partial charge in [-0.3, -0.25) is 0 Å². The van der Waals surface area contributed by atoms with Crippen LogP contribution in [0, 0.1) is 5.92 Å². The van der Waals surface area contributed by atoms with Crippen molar-refractivity contribution in [3.8, 4) is 0 Å². The molecular formula is C11H19NO3. The molecule has 2 saturated heterocycles. The number of ether oxygens (including phenoxy) is 2. The molecule has 0 N–H and O–H groups in total. The lowest BCUT2D eigenvalue weighted by molar-refractivity contribution is 0.0794. The summed E-state index contributed by atoms with van der Waals surface area (Å²) in [5.41, 5.74) is 0.112. The van der Waals surface area contributed by atoms with Crippen LogP contribution in [0.2, 0.25) is 0 Å². The van der Waals surface area contributed by atoms with Crippen LogP contribution in [0.15, 0.2) is 0 Å². The van der Waals surface area contributed by atoms with Crippen LogP contribution in [0.1, 0.15) is 26.7 Å². The second-order valence-electron chi connectivity index (χ2n) is 4.56. The van der Waals surface area contributed by atoms with E-state index in [4.69, 9.17) is 9.47 Å². The van der Waals surface area contributed by atoms with Crippen molar-refractivity contribution in [1.29, 1.82) is 0 Å². The minimum Gasteiger partial charge on any atom is -0.450 e. The third kappa shape index (κ3) is 2.25. The maximum atomic E-state index is 11.4. The van der Waals surface area contributed by atoms with E-state index in [9.17, 15) is 4.79 Å². The molecule has 2 aliphatic heterocycles. The van der Waals surface area contributed by atoms with Gasteiger partial charge in [-0.2, -0.15) is 0 Å². The van der Waals surface area contributed by atoms with Gasteiger partial charge in [0, 0.05) is 13.1 Å². The van der Waals surface area contributed by atoms with Gasteiger partial charge in [0.2, 0.25) is 0 Å². The van der Waals surface area contributed by atoms with Gasteiger partial charge < -0.3 is 14.4 Å². The maximum Gasteiger partial charge on any atom is 0.409 e. The third-order valence-electron chi connectivity index (χ3n) is 3.48. The molecule has 2 rings (SSSR count). The molecule has 15 heavy (non-hydrogen) atoms. The topological polar surface area (TPSA) is 42.1 Å². The predicted octanol–water partition coefficient (Wildman–Crippen LogP) is 1.64. The van der Waals surface area contributed by atoms with Crippen LogP contribution in [0.25, 0.3) is 0 Å². The maximum absolute atomic E-state index is 11.4. The number of hydrogen-bond donors (Lipinski definition) is 0. The highest BCUT2D eigenvalue weighted by Crippen LogP contribution is 2.40. The first kappa shape index (κ1) is 10.7. The highest BCUT2D eigenvalue weighted by molar-refractivity contribution is 5.67. The minimum absolute atomic E-state index is 0.112. The van der Waals surface area contributed by atoms with Crippen molar-refractivity contribution in [3.63, 3.8) is 0 Å². The summed E-state index contributed by atoms with van der Waals surface area (Å²) >= 11 is 0. The van der Waals surface area contributed by atoms with Crippen molar-refractivity contribution in [1.82, 2.24) is 4.90 Å². The number of piperidine rings is 1. The molecule has 0 saturated carbocycles. The summed E-state index contributed by atoms with van der Waals surface area (Å²) in [5.74, 6) is 0.614. The van der Waals surface area contributed by atoms with E-state index in [1.165, 1.54) is 0 Å². The number of carbonyl (C=O) groups excluding carboxylic acids is 1. The van der Waals surface area contributed by atoms with E-state index in [1.54, 1.807) is 4.90 Å². The number of likely N-dealkylation sites (tertiary alicyclic amines) is 1. The molecule has 2 heterocycles. The molecular weight excluding hydrogens is 194 g/mol. The average molecular weight is 213 g/mol. The van der Waals surface area contributed by atoms with Crippen molar-refractivity contribution in [2.75, 3.05) is 26.3 Å². The molecule has 1 atom stereocenters. The van der Waals surface area contributed by atoms with Crippen molar-refractivity contribution < 1.29 is 14.3 Å². The van der Waals surface area contributed by atoms with Crippen LogP contribution in [0.5, 0.6) is 0 Å². The second-order valence-corrected chi connectivity index (χ2v) is 4.56. The molecule has 4 nitrogen and oxygen atoms in total. The van der Waals surface area contributed by atoms with Crippen LogP contribution in [0.3, 0.4) is 0 Å². The van der Waals surface area contributed by atoms with E-state index in [2.05, 4.69) is 6.92 Å². The lowest BCUT2D eigenvalue weighted by Crippen LogP contribution is -2.41. The smallest absolute Gasteiger partial charge is 0.409 e. The molecule has 2 fully saturated rings. The van der Waals surface area contributed by atoms with Gasteiger partial charge in [-0.1, -0.05) is 0 Å². The lowest BCUT2D eigenvalue weighted by Gasteiger charge is -2.32. The highest BCUT2D eigenvalue weighted by Gasteiger charge is 2.47. The van der Waals surface area contributed by atoms with E-state index < -0.39 is 0 Å². The normalized spacial score (nSPS) is 31.5. The first-order valence-electron chi connectivity index (χ1n) is 5.71. The van der Waals surface area contributed by atoms with Crippen LogP contribution < -0.4 is 0 Å². The van der Waals surface area contributed by atoms with Gasteiger partial charge in [0.15, 0.2) is 0 Å². The van der Waals surface area contributed by atoms with Crippen LogP contribution in [0.4, 0.5) is 4.79 Å². The van der Waals surface area contributed by atoms with Crippen molar-refractivity contribution in [2.24, 2.45) is 5.92 Å². The molecule has 0 aromatic heterocycles. The number of epoxide rings is 1. The number of amides is 1. The number of carbonyl (C=O) groups is 1. The summed E-state index contributed by atoms with van der Waals surface area (Å²) in [5, 5.41) is 0. The Morgan fingerprint density at radius 1 is 1.53 bits per heavy atom. The second kappa shape index (κ2) is 4.00. The standard InChI is InChI=1S/C11H19NO3/c1-3-14-10(13)12-6-4-9(5-7-12)11(2)8-15-11/h9H,3-8H2,1-2H3. The van der Waals surface area contributed by atoms with E-state index in [0.29, 0.717) is 12.5 Å². The number of rotatable bonds is 2. The number of nitrogens with zero attached hydrogens (tertiary/aromatic N) is 1. The Balaban J connectivity index is 1.79. The van der Waals surface area contributed by atoms with Gasteiger partial charge in [-0.25, -0.2) is 4.79 Å². The monoisotopic (exact) mass is 213 g/mol. The molecule has 86 valence electrons. The molecule has 0 spiro atoms. The summed E-state index contributed by atoms with van der Waals surface area (Å²) in [6.45, 7) is 6.96. The van der Waals surface area contributed by atoms with E-state index in [-0.39, 0.29) is 11.7 Å². The summed E-state index contributed by atoms with van der Waals surface area (Å²) in [6.07, 6.45) is 1.91. The third-order valence-corrected chi connectivity index (χ3v) is 3.48. The van der Waals surface area contributed by atoms with E-state index in [0.717, 1.165) is 32.5 Å². The van der Waals surface area contributed by atoms with Gasteiger partial charge in [0.05, 0.1) is 18.8 Å². The van der Waals surface area contributed by atoms with E-state index >= 15 is 0 Å². The molecule has 4 heteroatoms. The Kier molecular flexibility index (Phi) is 2.87. The zero-order chi connectivity index (χ0) is 10.9. The van der Waals surface area contributed by atoms with Crippen LogP contribution in [-0.4, -0.2) is 42.9 Å². The Hall–Kier alpha value is -0.770. The summed E-state index contributed by atoms with van der Waals surface area (Å²) in [6, 6.07) is 0. The van der Waals surface area contributed by atoms with Gasteiger partial charge in [0.1, 0.15) is 0 Å². The zero-order valence-corrected chi connectivity index (χ0v) is 9.49. The van der Waals surface area contributed by atoms with Gasteiger partial charge in [0.25, 0.3) is 0 Å². The first-order valence-corrected chi connectivity index (χ1v) is 5.71. The molecule has 0 aromatic rings. The summed E-state index contributed by atoms with van der Waals surface area (Å²) < 4.78 is 10.4. The molecule has 0 bridgehead atoms. The molecule has 0 radical (unpaired) electrons. The summed E-state index contributed by atoms with van der Waals surface area (Å²) in [7, 11) is 0. The predicted molar refractivity (Wildman–Crippen MR) is 55.7 cm³/mol. The van der Waals surface area contributed by atoms with Crippen molar-refractivity contribution >= 4 is 6.09 Å². The average Bonchev–Trinajstić information content (AvgIpc) is 2.99. The molecule has 2 aliphatic rings. The Bertz CT molecular complexity index is 242. The van der Waals surface area contributed by atoms with Gasteiger partial charge in [-0.15, -0.1) is 0 Å². The fourth-order valence-corrected chi connectivity index (χ4v) is 2.24. The number of hydrogen-bond acceptors (Lipinski definition) is 3. The summed E-state index contributed by atoms with van der Waals surface area (Å²) in [4.78, 5) is 13.2. The Labute approximate surface area is 90.5 Å². The van der Waals surface area contributed by atoms with Crippen LogP contribution in [-0.2, 0) is 9.47 Å². The van der Waals surface area contributed by atoms with Crippen molar-refractivity contribution in [3.05, 3.63) is 0 Å². The van der Waals surface area contributed by atoms with Crippen LogP contribution >= 0.6 is 0 Å². The fourth-order valence-electron chi connectivity index (χ4n) is 2.24. The first-order chi connectivity index (χ1) is 7.15. The van der Waals surface area contributed by atoms with Gasteiger partial charge >= 0.3 is 6.09 Å². The molecule has 1 unspecified atom stereocenters. The SMILES string of the molecule is CCOC(=O)N1CCC(C2(C)CO2)CC1. The Morgan fingerprint density at radius 2 is 2.13 bits per heavy atom. The Morgan fingerprint density at radius 3 is 2.60 bits per heavy atom. The van der Waals surface area contributed by atoms with E-state index in [1.807, 2.05) is 6.92 Å². The molecule has 0 aliphatic carbocycles. The molecule has 1 amide bonds. The fraction of sp³-hybridized carbons (Fsp3) is 0.909. The lowest BCUT2D eigenvalue weighted by atomic mass is 9.86. The zero-order valence-electron chi connectivity index (χ0n) is 9.49. The van der Waals surface area contributed by atoms with Gasteiger partial charge in [-0.05, 0) is 32.6 Å².